The molecule has 0 saturated carbocycles. The van der Waals surface area contributed by atoms with E-state index in [9.17, 15) is 0 Å². The van der Waals surface area contributed by atoms with Crippen LogP contribution in [0.25, 0.3) is 0 Å². The van der Waals surface area contributed by atoms with Gasteiger partial charge in [-0.3, -0.25) is 4.68 Å². The molecule has 2 aromatic heterocycles. The van der Waals surface area contributed by atoms with E-state index in [1.54, 1.807) is 22.6 Å². The van der Waals surface area contributed by atoms with Crippen molar-refractivity contribution in [2.24, 2.45) is 7.05 Å². The Morgan fingerprint density at radius 2 is 2.00 bits per heavy atom. The first-order valence-electron chi connectivity index (χ1n) is 12.6. The fourth-order valence-electron chi connectivity index (χ4n) is 5.15. The number of anilines is 4. The molecule has 0 unspecified atom stereocenters. The summed E-state index contributed by atoms with van der Waals surface area (Å²) in [5, 5.41) is 16.6. The van der Waals surface area contributed by atoms with Crippen molar-refractivity contribution in [1.82, 2.24) is 25.1 Å². The Labute approximate surface area is 222 Å². The molecule has 1 atom stereocenters. The number of aryl methyl sites for hydroxylation is 2. The van der Waals surface area contributed by atoms with Gasteiger partial charge in [0, 0.05) is 30.5 Å². The summed E-state index contributed by atoms with van der Waals surface area (Å²) in [5.41, 5.74) is 5.85. The number of nitrogens with one attached hydrogen (secondary N) is 3. The zero-order chi connectivity index (χ0) is 25.4. The summed E-state index contributed by atoms with van der Waals surface area (Å²) >= 11 is 8.17. The number of aromatic nitrogens is 4. The SMILES string of the molecule is Cc1cc(Nc2ncc(Cl)c(Nc3cn(C)nc3SC(C)C)n2)c2c(c1C1CCNCC1)C[C@@H](C)O2. The Morgan fingerprint density at radius 1 is 1.22 bits per heavy atom. The number of hydrogen-bond acceptors (Lipinski definition) is 8. The summed E-state index contributed by atoms with van der Waals surface area (Å²) in [4.78, 5) is 9.16. The Hall–Kier alpha value is -2.49. The molecule has 192 valence electrons. The number of halogens is 1. The molecule has 10 heteroatoms. The van der Waals surface area contributed by atoms with Gasteiger partial charge < -0.3 is 20.7 Å². The largest absolute Gasteiger partial charge is 0.488 e. The molecule has 1 saturated heterocycles. The van der Waals surface area contributed by atoms with E-state index < -0.39 is 0 Å². The molecular weight excluding hydrogens is 494 g/mol. The van der Waals surface area contributed by atoms with Crippen molar-refractivity contribution < 1.29 is 4.74 Å². The minimum atomic E-state index is 0.147. The van der Waals surface area contributed by atoms with Gasteiger partial charge in [0.1, 0.15) is 21.9 Å². The molecular formula is C26H34ClN7OS. The topological polar surface area (TPSA) is 88.9 Å². The molecule has 3 N–H and O–H groups in total. The van der Waals surface area contributed by atoms with Crippen molar-refractivity contribution in [2.75, 3.05) is 23.7 Å². The number of benzene rings is 1. The minimum Gasteiger partial charge on any atom is -0.488 e. The second-order valence-electron chi connectivity index (χ2n) is 9.95. The first-order valence-corrected chi connectivity index (χ1v) is 13.8. The Kier molecular flexibility index (Phi) is 7.32. The quantitative estimate of drug-likeness (QED) is 0.325. The van der Waals surface area contributed by atoms with E-state index in [1.807, 2.05) is 13.2 Å². The number of piperidine rings is 1. The molecule has 0 aliphatic carbocycles. The highest BCUT2D eigenvalue weighted by molar-refractivity contribution is 8.00. The Bertz CT molecular complexity index is 1260. The van der Waals surface area contributed by atoms with Gasteiger partial charge >= 0.3 is 0 Å². The van der Waals surface area contributed by atoms with Gasteiger partial charge in [-0.1, -0.05) is 37.2 Å². The van der Waals surface area contributed by atoms with Gasteiger partial charge in [0.25, 0.3) is 0 Å². The first kappa shape index (κ1) is 25.2. The van der Waals surface area contributed by atoms with Gasteiger partial charge in [-0.2, -0.15) is 10.1 Å². The number of hydrogen-bond donors (Lipinski definition) is 3. The molecule has 4 heterocycles. The van der Waals surface area contributed by atoms with Crippen LogP contribution in [0.2, 0.25) is 5.02 Å². The third-order valence-electron chi connectivity index (χ3n) is 6.57. The summed E-state index contributed by atoms with van der Waals surface area (Å²) in [6.45, 7) is 10.8. The minimum absolute atomic E-state index is 0.147. The molecule has 3 aromatic rings. The average Bonchev–Trinajstić information content (AvgIpc) is 3.37. The molecule has 1 aromatic carbocycles. The summed E-state index contributed by atoms with van der Waals surface area (Å²) in [7, 11) is 1.90. The lowest BCUT2D eigenvalue weighted by atomic mass is 9.83. The molecule has 36 heavy (non-hydrogen) atoms. The number of nitrogens with zero attached hydrogens (tertiary/aromatic N) is 4. The van der Waals surface area contributed by atoms with Crippen molar-refractivity contribution in [3.8, 4) is 5.75 Å². The highest BCUT2D eigenvalue weighted by Crippen LogP contribution is 2.45. The molecule has 0 radical (unpaired) electrons. The molecule has 8 nitrogen and oxygen atoms in total. The van der Waals surface area contributed by atoms with E-state index in [1.165, 1.54) is 16.7 Å². The molecule has 0 spiro atoms. The molecule has 0 bridgehead atoms. The van der Waals surface area contributed by atoms with Crippen LogP contribution in [0.1, 0.15) is 56.2 Å². The van der Waals surface area contributed by atoms with Crippen molar-refractivity contribution in [2.45, 2.75) is 69.3 Å². The van der Waals surface area contributed by atoms with Gasteiger partial charge in [-0.25, -0.2) is 4.98 Å². The van der Waals surface area contributed by atoms with Crippen LogP contribution in [0, 0.1) is 6.92 Å². The van der Waals surface area contributed by atoms with Crippen LogP contribution in [-0.2, 0) is 13.5 Å². The Balaban J connectivity index is 1.44. The Morgan fingerprint density at radius 3 is 2.75 bits per heavy atom. The van der Waals surface area contributed by atoms with Crippen LogP contribution >= 0.6 is 23.4 Å². The molecule has 2 aliphatic heterocycles. The van der Waals surface area contributed by atoms with E-state index in [0.717, 1.165) is 54.5 Å². The lowest BCUT2D eigenvalue weighted by molar-refractivity contribution is 0.256. The number of thioether (sulfide) groups is 1. The summed E-state index contributed by atoms with van der Waals surface area (Å²) in [5.74, 6) is 2.49. The summed E-state index contributed by atoms with van der Waals surface area (Å²) in [6, 6.07) is 2.18. The predicted octanol–water partition coefficient (Wildman–Crippen LogP) is 5.95. The van der Waals surface area contributed by atoms with Crippen LogP contribution in [-0.4, -0.2) is 44.2 Å². The zero-order valence-corrected chi connectivity index (χ0v) is 23.1. The van der Waals surface area contributed by atoms with E-state index in [0.29, 0.717) is 28.0 Å². The third-order valence-corrected chi connectivity index (χ3v) is 7.85. The zero-order valence-electron chi connectivity index (χ0n) is 21.5. The maximum atomic E-state index is 6.48. The van der Waals surface area contributed by atoms with Crippen molar-refractivity contribution in [1.29, 1.82) is 0 Å². The molecule has 5 rings (SSSR count). The highest BCUT2D eigenvalue weighted by Gasteiger charge is 2.31. The average molecular weight is 528 g/mol. The van der Waals surface area contributed by atoms with Gasteiger partial charge in [0.05, 0.1) is 17.6 Å². The van der Waals surface area contributed by atoms with E-state index in [4.69, 9.17) is 21.3 Å². The van der Waals surface area contributed by atoms with Gasteiger partial charge in [-0.05, 0) is 62.9 Å². The predicted molar refractivity (Wildman–Crippen MR) is 148 cm³/mol. The van der Waals surface area contributed by atoms with E-state index in [-0.39, 0.29) is 6.10 Å². The smallest absolute Gasteiger partial charge is 0.229 e. The van der Waals surface area contributed by atoms with Crippen LogP contribution in [0.3, 0.4) is 0 Å². The van der Waals surface area contributed by atoms with Crippen LogP contribution < -0.4 is 20.7 Å². The van der Waals surface area contributed by atoms with Crippen molar-refractivity contribution in [3.05, 3.63) is 40.2 Å². The monoisotopic (exact) mass is 527 g/mol. The fraction of sp³-hybridized carbons (Fsp3) is 0.500. The maximum Gasteiger partial charge on any atom is 0.229 e. The van der Waals surface area contributed by atoms with Crippen molar-refractivity contribution in [3.63, 3.8) is 0 Å². The third kappa shape index (κ3) is 5.28. The molecule has 2 aliphatic rings. The standard InChI is InChI=1S/C26H34ClN7OS/c1-14(2)36-25-21(13-34(5)33-25)30-24-19(27)12-29-26(32-24)31-20-10-15(3)22(17-6-8-28-9-7-17)18-11-16(4)35-23(18)20/h10,12-14,16-17,28H,6-9,11H2,1-5H3,(H2,29,30,31,32)/t16-/m1/s1. The number of fused-ring (bicyclic) bond motifs is 1. The van der Waals surface area contributed by atoms with Crippen LogP contribution in [0.5, 0.6) is 5.75 Å². The van der Waals surface area contributed by atoms with Crippen LogP contribution in [0.15, 0.2) is 23.5 Å². The van der Waals surface area contributed by atoms with E-state index >= 15 is 0 Å². The second-order valence-corrected chi connectivity index (χ2v) is 11.9. The second kappa shape index (κ2) is 10.5. The lowest BCUT2D eigenvalue weighted by Crippen LogP contribution is -2.27. The lowest BCUT2D eigenvalue weighted by Gasteiger charge is -2.27. The number of ether oxygens (including phenoxy) is 1. The molecule has 1 fully saturated rings. The van der Waals surface area contributed by atoms with Gasteiger partial charge in [0.15, 0.2) is 5.82 Å². The fourth-order valence-corrected chi connectivity index (χ4v) is 6.14. The summed E-state index contributed by atoms with van der Waals surface area (Å²) < 4.78 is 8.10. The summed E-state index contributed by atoms with van der Waals surface area (Å²) in [6.07, 6.45) is 6.95. The maximum absolute atomic E-state index is 6.48. The van der Waals surface area contributed by atoms with Crippen molar-refractivity contribution >= 4 is 46.5 Å². The van der Waals surface area contributed by atoms with E-state index in [2.05, 4.69) is 59.8 Å². The molecule has 0 amide bonds. The van der Waals surface area contributed by atoms with Gasteiger partial charge in [0.2, 0.25) is 5.95 Å². The normalized spacial score (nSPS) is 17.8. The highest BCUT2D eigenvalue weighted by atomic mass is 35.5. The van der Waals surface area contributed by atoms with Crippen LogP contribution in [0.4, 0.5) is 23.1 Å². The number of rotatable bonds is 7. The van der Waals surface area contributed by atoms with Gasteiger partial charge in [-0.15, -0.1) is 0 Å². The first-order chi connectivity index (χ1) is 17.3.